The summed E-state index contributed by atoms with van der Waals surface area (Å²) in [6.07, 6.45) is 2.85. The molecule has 1 saturated heterocycles. The van der Waals surface area contributed by atoms with E-state index in [2.05, 4.69) is 53.9 Å². The van der Waals surface area contributed by atoms with Crippen molar-refractivity contribution in [2.24, 2.45) is 40.9 Å². The van der Waals surface area contributed by atoms with E-state index in [1.165, 1.54) is 113 Å². The van der Waals surface area contributed by atoms with E-state index in [9.17, 15) is 29.4 Å². The molecule has 0 radical (unpaired) electrons. The van der Waals surface area contributed by atoms with Crippen molar-refractivity contribution in [2.45, 2.75) is 269 Å². The minimum atomic E-state index is -1.66. The lowest BCUT2D eigenvalue weighted by atomic mass is 9.91. The minimum Gasteiger partial charge on any atom is -0.390 e. The van der Waals surface area contributed by atoms with E-state index in [1.54, 1.807) is 54.5 Å². The van der Waals surface area contributed by atoms with Crippen LogP contribution in [0.4, 0.5) is 0 Å². The van der Waals surface area contributed by atoms with Crippen LogP contribution < -0.4 is 21.3 Å². The molecule has 0 spiro atoms. The van der Waals surface area contributed by atoms with Gasteiger partial charge in [0, 0.05) is 80.3 Å². The van der Waals surface area contributed by atoms with Crippen molar-refractivity contribution in [1.29, 1.82) is 0 Å². The van der Waals surface area contributed by atoms with Crippen molar-refractivity contribution >= 4 is 76.7 Å². The van der Waals surface area contributed by atoms with Gasteiger partial charge >= 0.3 is 0 Å². The first-order valence-corrected chi connectivity index (χ1v) is 37.1. The van der Waals surface area contributed by atoms with E-state index in [0.29, 0.717) is 18.7 Å². The number of allylic oxidation sites excluding steroid dienone is 2. The fourth-order valence-electron chi connectivity index (χ4n) is 12.5. The number of hydrogen-bond acceptors (Lipinski definition) is 15. The molecule has 6 N–H and O–H groups in total. The molecule has 99 heavy (non-hydrogen) atoms. The van der Waals surface area contributed by atoms with Gasteiger partial charge in [-0.05, 0) is 121 Å². The number of nitrogens with zero attached hydrogens (tertiary/aromatic N) is 8. The van der Waals surface area contributed by atoms with Crippen LogP contribution in [0.25, 0.3) is 0 Å². The molecule has 570 valence electrons. The van der Waals surface area contributed by atoms with E-state index in [1.807, 2.05) is 47.6 Å². The van der Waals surface area contributed by atoms with E-state index < -0.39 is 161 Å². The zero-order valence-electron chi connectivity index (χ0n) is 65.9. The summed E-state index contributed by atoms with van der Waals surface area (Å²) in [5.41, 5.74) is -1.61. The molecule has 1 rings (SSSR count). The average Bonchev–Trinajstić information content (AvgIpc) is 0.806. The molecule has 0 aliphatic carbocycles. The monoisotopic (exact) mass is 1420 g/mol. The summed E-state index contributed by atoms with van der Waals surface area (Å²) < 4.78 is 0. The van der Waals surface area contributed by atoms with E-state index >= 15 is 33.6 Å². The molecule has 0 saturated carbocycles. The lowest BCUT2D eigenvalue weighted by Crippen LogP contribution is -2.64. The predicted molar refractivity (Wildman–Crippen MR) is 392 cm³/mol. The Bertz CT molecular complexity index is 2700. The number of carbonyl (C=O) groups excluding carboxylic acids is 11. The Morgan fingerprint density at radius 1 is 0.525 bits per heavy atom. The number of rotatable bonds is 23. The highest BCUT2D eigenvalue weighted by atomic mass is 32.2. The van der Waals surface area contributed by atoms with Crippen LogP contribution in [-0.2, 0) is 52.7 Å². The van der Waals surface area contributed by atoms with Crippen LogP contribution in [0, 0.1) is 40.9 Å². The Morgan fingerprint density at radius 3 is 1.45 bits per heavy atom. The number of amides is 11. The Morgan fingerprint density at radius 2 is 0.990 bits per heavy atom. The molecular weight excluding hydrogens is 1280 g/mol. The number of aliphatic hydroxyl groups is 2. The van der Waals surface area contributed by atoms with Gasteiger partial charge in [-0.2, -0.15) is 11.8 Å². The molecule has 11 amide bonds. The first-order chi connectivity index (χ1) is 45.5. The normalized spacial score (nSPS) is 25.9. The molecule has 1 fully saturated rings. The molecule has 0 unspecified atom stereocenters. The van der Waals surface area contributed by atoms with Gasteiger partial charge in [0.1, 0.15) is 66.5 Å². The lowest BCUT2D eigenvalue weighted by molar-refractivity contribution is -0.157. The predicted octanol–water partition coefficient (Wildman–Crippen LogP) is 5.24. The molecule has 25 nitrogen and oxygen atoms in total. The molecule has 26 heteroatoms. The van der Waals surface area contributed by atoms with Gasteiger partial charge in [-0.15, -0.1) is 0 Å². The van der Waals surface area contributed by atoms with Crippen LogP contribution in [0.2, 0.25) is 0 Å². The van der Waals surface area contributed by atoms with Gasteiger partial charge in [-0.25, -0.2) is 0 Å². The van der Waals surface area contributed by atoms with Crippen molar-refractivity contribution in [3.8, 4) is 0 Å². The first-order valence-electron chi connectivity index (χ1n) is 35.9. The van der Waals surface area contributed by atoms with Crippen molar-refractivity contribution in [3.63, 3.8) is 0 Å². The summed E-state index contributed by atoms with van der Waals surface area (Å²) in [6, 6.07) is -14.4. The number of nitrogens with one attached hydrogen (secondary N) is 4. The third-order valence-electron chi connectivity index (χ3n) is 18.7. The fraction of sp³-hybridized carbons (Fsp3) is 0.822. The van der Waals surface area contributed by atoms with Gasteiger partial charge in [-0.3, -0.25) is 52.7 Å². The molecule has 0 bridgehead atoms. The summed E-state index contributed by atoms with van der Waals surface area (Å²) >= 11 is 1.41. The SMILES string of the molecule is C/C=C/C[C@@H](C)[C@@H](O)[C@H]1C(=O)N[C@H](CC)C(=O)N(C)[C@H](CSCCN(CC)CC(C)(C)C)C(=O)N(C)[C@@H](CC(C)(C)O)C(=O)N[C@H](C(C)C)C(=O)N(C)[C@H](CCC(C)C)C(=O)N[C@H](C)C(=O)N[C@@H](C)C(=O)N(C)[C@@H](CC(C)C)C(=O)N(C)[C@H](CC(C)C)C(=O)N(C)[C@H](C(C)C)C(=O)N1C. The average molecular weight is 1420 g/mol. The molecule has 0 aromatic rings. The van der Waals surface area contributed by atoms with Gasteiger partial charge in [0.2, 0.25) is 65.0 Å². The Hall–Kier alpha value is -5.86. The number of thioether (sulfide) groups is 1. The van der Waals surface area contributed by atoms with E-state index in [4.69, 9.17) is 0 Å². The largest absolute Gasteiger partial charge is 0.390 e. The Labute approximate surface area is 599 Å². The highest BCUT2D eigenvalue weighted by molar-refractivity contribution is 7.99. The van der Waals surface area contributed by atoms with Gasteiger partial charge in [-0.1, -0.05) is 123 Å². The maximum absolute atomic E-state index is 15.5. The quantitative estimate of drug-likeness (QED) is 0.0563. The second kappa shape index (κ2) is 41.3. The van der Waals surface area contributed by atoms with Crippen LogP contribution in [0.1, 0.15) is 190 Å². The van der Waals surface area contributed by atoms with E-state index in [-0.39, 0.29) is 67.4 Å². The maximum Gasteiger partial charge on any atom is 0.246 e. The van der Waals surface area contributed by atoms with E-state index in [0.717, 1.165) is 22.9 Å². The smallest absolute Gasteiger partial charge is 0.246 e. The summed E-state index contributed by atoms with van der Waals surface area (Å²) in [7, 11) is 9.94. The highest BCUT2D eigenvalue weighted by Crippen LogP contribution is 2.27. The van der Waals surface area contributed by atoms with Crippen LogP contribution in [0.3, 0.4) is 0 Å². The second-order valence-electron chi connectivity index (χ2n) is 31.5. The summed E-state index contributed by atoms with van der Waals surface area (Å²) in [6.45, 7) is 39.9. The molecule has 1 aliphatic heterocycles. The topological polar surface area (TPSA) is 302 Å². The standard InChI is InChI=1S/C73H134N12O13S/c1-29-32-33-48(14)60(86)59-64(90)76-51(30-2)66(92)82(26)56(41-99-37-36-85(31-3)42-72(17,18)19)69(95)81(25)55(40-73(20,21)98)63(89)77-57(46(10)11)70(96)78(22)52(35-34-43(4)5)62(88)74-49(15)61(87)75-50(16)65(91)79(23)53(38-44(6)7)67(93)80(24)54(39-45(8)9)68(94)83(27)58(47(12)13)71(97)84(59)28/h29,32,43-60,86,98H,30-31,33-42H2,1-28H3,(H,74,88)(H,75,87)(H,76,90)(H,77,89)/b32-29+/t48-,49-,50+,51-,52-,53+,54-,55+,56-,57-,58-,59+,60-/m1/s1. The Balaban J connectivity index is 4.63. The number of hydrogen-bond donors (Lipinski definition) is 6. The molecule has 0 aromatic carbocycles. The molecule has 1 heterocycles. The molecule has 0 aromatic heterocycles. The van der Waals surface area contributed by atoms with Crippen LogP contribution in [0.15, 0.2) is 12.2 Å². The zero-order valence-corrected chi connectivity index (χ0v) is 66.7. The summed E-state index contributed by atoms with van der Waals surface area (Å²) in [5.74, 6) is -9.47. The minimum absolute atomic E-state index is 0.0102. The van der Waals surface area contributed by atoms with Crippen molar-refractivity contribution in [2.75, 3.05) is 80.5 Å². The maximum atomic E-state index is 15.5. The highest BCUT2D eigenvalue weighted by Gasteiger charge is 2.47. The Kier molecular flexibility index (Phi) is 38.0. The van der Waals surface area contributed by atoms with Crippen LogP contribution >= 0.6 is 11.8 Å². The summed E-state index contributed by atoms with van der Waals surface area (Å²) in [5, 5.41) is 35.0. The van der Waals surface area contributed by atoms with Crippen LogP contribution in [0.5, 0.6) is 0 Å². The number of carbonyl (C=O) groups is 11. The number of likely N-dealkylation sites (N-methyl/N-ethyl adjacent to an activating group) is 7. The fourth-order valence-corrected chi connectivity index (χ4v) is 13.6. The molecule has 13 atom stereocenters. The third-order valence-corrected chi connectivity index (χ3v) is 19.7. The van der Waals surface area contributed by atoms with Gasteiger partial charge in [0.05, 0.1) is 11.7 Å². The zero-order chi connectivity index (χ0) is 76.8. The lowest BCUT2D eigenvalue weighted by Gasteiger charge is -2.41. The van der Waals surface area contributed by atoms with Gasteiger partial charge < -0.3 is 70.7 Å². The van der Waals surface area contributed by atoms with Crippen molar-refractivity contribution in [1.82, 2.24) is 60.5 Å². The van der Waals surface area contributed by atoms with Gasteiger partial charge in [0.15, 0.2) is 0 Å². The van der Waals surface area contributed by atoms with Crippen molar-refractivity contribution < 1.29 is 63.0 Å². The second-order valence-corrected chi connectivity index (χ2v) is 32.7. The van der Waals surface area contributed by atoms with Crippen molar-refractivity contribution in [3.05, 3.63) is 12.2 Å². The summed E-state index contributed by atoms with van der Waals surface area (Å²) in [4.78, 5) is 176. The molecule has 1 aliphatic rings. The third kappa shape index (κ3) is 27.8. The molecular formula is C73H134N12O13S. The van der Waals surface area contributed by atoms with Crippen LogP contribution in [-0.4, -0.2) is 273 Å². The number of aliphatic hydroxyl groups excluding tert-OH is 1. The van der Waals surface area contributed by atoms with Gasteiger partial charge in [0.25, 0.3) is 0 Å². The first kappa shape index (κ1) is 91.2.